The molecular formula is C9H12ClNO2. The van der Waals surface area contributed by atoms with Crippen LogP contribution in [-0.2, 0) is 0 Å². The van der Waals surface area contributed by atoms with Crippen LogP contribution in [0.15, 0.2) is 24.3 Å². The van der Waals surface area contributed by atoms with E-state index in [0.29, 0.717) is 6.61 Å². The molecule has 1 aliphatic rings. The molecular weight excluding hydrogens is 190 g/mol. The van der Waals surface area contributed by atoms with Crippen LogP contribution in [0.4, 0.5) is 0 Å². The molecule has 0 radical (unpaired) electrons. The van der Waals surface area contributed by atoms with Gasteiger partial charge in [0.2, 0.25) is 0 Å². The maximum absolute atomic E-state index is 9.62. The predicted molar refractivity (Wildman–Crippen MR) is 52.1 cm³/mol. The number of hydrogen-bond acceptors (Lipinski definition) is 3. The van der Waals surface area contributed by atoms with E-state index >= 15 is 0 Å². The van der Waals surface area contributed by atoms with Crippen molar-refractivity contribution in [3.8, 4) is 5.75 Å². The lowest BCUT2D eigenvalue weighted by atomic mass is 10.0. The Balaban J connectivity index is 0.000000845. The quantitative estimate of drug-likeness (QED) is 0.655. The van der Waals surface area contributed by atoms with Crippen LogP contribution in [-0.4, -0.2) is 17.8 Å². The highest BCUT2D eigenvalue weighted by Gasteiger charge is 2.25. The average molecular weight is 202 g/mol. The number of hydrogen-bond donors (Lipinski definition) is 2. The van der Waals surface area contributed by atoms with Crippen LogP contribution in [0.2, 0.25) is 0 Å². The molecule has 13 heavy (non-hydrogen) atoms. The van der Waals surface area contributed by atoms with Crippen molar-refractivity contribution in [1.29, 1.82) is 0 Å². The van der Waals surface area contributed by atoms with E-state index in [4.69, 9.17) is 10.5 Å². The van der Waals surface area contributed by atoms with E-state index in [1.54, 1.807) is 0 Å². The summed E-state index contributed by atoms with van der Waals surface area (Å²) in [5.74, 6) is 0.742. The Labute approximate surface area is 82.9 Å². The number of aliphatic hydroxyl groups is 1. The lowest BCUT2D eigenvalue weighted by Crippen LogP contribution is -2.37. The third-order valence-corrected chi connectivity index (χ3v) is 2.07. The second kappa shape index (κ2) is 3.96. The Kier molecular flexibility index (Phi) is 3.14. The first kappa shape index (κ1) is 10.3. The minimum absolute atomic E-state index is 0. The van der Waals surface area contributed by atoms with E-state index in [9.17, 15) is 5.11 Å². The van der Waals surface area contributed by atoms with Crippen molar-refractivity contribution >= 4 is 12.4 Å². The molecule has 0 spiro atoms. The van der Waals surface area contributed by atoms with Crippen molar-refractivity contribution in [2.75, 3.05) is 6.61 Å². The zero-order valence-electron chi connectivity index (χ0n) is 7.01. The highest BCUT2D eigenvalue weighted by molar-refractivity contribution is 5.85. The minimum Gasteiger partial charge on any atom is -0.491 e. The molecule has 0 aliphatic carbocycles. The van der Waals surface area contributed by atoms with Gasteiger partial charge in [-0.2, -0.15) is 0 Å². The number of rotatable bonds is 0. The first-order valence-corrected chi connectivity index (χ1v) is 3.94. The fourth-order valence-electron chi connectivity index (χ4n) is 1.36. The molecule has 1 unspecified atom stereocenters. The summed E-state index contributed by atoms with van der Waals surface area (Å²) >= 11 is 0. The van der Waals surface area contributed by atoms with Crippen molar-refractivity contribution in [1.82, 2.24) is 0 Å². The fourth-order valence-corrected chi connectivity index (χ4v) is 1.36. The van der Waals surface area contributed by atoms with Crippen LogP contribution >= 0.6 is 12.4 Å². The summed E-state index contributed by atoms with van der Waals surface area (Å²) in [7, 11) is 0. The number of ether oxygens (including phenoxy) is 1. The largest absolute Gasteiger partial charge is 0.491 e. The van der Waals surface area contributed by atoms with Crippen molar-refractivity contribution < 1.29 is 9.84 Å². The van der Waals surface area contributed by atoms with Gasteiger partial charge in [-0.1, -0.05) is 18.2 Å². The lowest BCUT2D eigenvalue weighted by molar-refractivity contribution is 0.0916. The third-order valence-electron chi connectivity index (χ3n) is 2.07. The average Bonchev–Trinajstić information content (AvgIpc) is 2.12. The Morgan fingerprint density at radius 2 is 2.08 bits per heavy atom. The summed E-state index contributed by atoms with van der Waals surface area (Å²) in [6, 6.07) is 7.11. The van der Waals surface area contributed by atoms with Crippen LogP contribution in [0.3, 0.4) is 0 Å². The van der Waals surface area contributed by atoms with Gasteiger partial charge in [-0.15, -0.1) is 12.4 Å². The summed E-state index contributed by atoms with van der Waals surface area (Å²) in [5.41, 5.74) is 6.41. The normalized spacial score (nSPS) is 25.4. The first-order chi connectivity index (χ1) is 5.79. The highest BCUT2D eigenvalue weighted by atomic mass is 35.5. The standard InChI is InChI=1S/C9H11NO2.ClH/c10-7-5-12-8-4-2-1-3-6(8)9(7)11;/h1-4,7,9,11H,5,10H2;1H/t7-,9?;/m0./s1. The molecule has 72 valence electrons. The second-order valence-electron chi connectivity index (χ2n) is 2.96. The molecule has 0 amide bonds. The van der Waals surface area contributed by atoms with E-state index in [1.165, 1.54) is 0 Å². The molecule has 1 heterocycles. The van der Waals surface area contributed by atoms with Crippen molar-refractivity contribution in [3.05, 3.63) is 29.8 Å². The number of halogens is 1. The molecule has 1 aromatic rings. The predicted octanol–water partition coefficient (Wildman–Crippen LogP) is 0.861. The summed E-state index contributed by atoms with van der Waals surface area (Å²) < 4.78 is 5.32. The van der Waals surface area contributed by atoms with Crippen LogP contribution in [0.5, 0.6) is 5.75 Å². The lowest BCUT2D eigenvalue weighted by Gasteiger charge is -2.27. The van der Waals surface area contributed by atoms with Crippen LogP contribution in [0.25, 0.3) is 0 Å². The molecule has 3 N–H and O–H groups in total. The number of aliphatic hydroxyl groups excluding tert-OH is 1. The van der Waals surface area contributed by atoms with Gasteiger partial charge in [-0.05, 0) is 6.07 Å². The zero-order valence-corrected chi connectivity index (χ0v) is 7.83. The van der Waals surface area contributed by atoms with Crippen molar-refractivity contribution in [2.24, 2.45) is 5.73 Å². The zero-order chi connectivity index (χ0) is 8.55. The molecule has 3 nitrogen and oxygen atoms in total. The SMILES string of the molecule is Cl.N[C@H]1COc2ccccc2C1O. The van der Waals surface area contributed by atoms with Gasteiger partial charge >= 0.3 is 0 Å². The molecule has 1 aromatic carbocycles. The molecule has 0 aromatic heterocycles. The van der Waals surface area contributed by atoms with Gasteiger partial charge < -0.3 is 15.6 Å². The Morgan fingerprint density at radius 1 is 1.38 bits per heavy atom. The third kappa shape index (κ3) is 1.77. The Hall–Kier alpha value is -0.770. The van der Waals surface area contributed by atoms with Gasteiger partial charge in [0.1, 0.15) is 18.5 Å². The number of fused-ring (bicyclic) bond motifs is 1. The minimum atomic E-state index is -0.588. The van der Waals surface area contributed by atoms with Crippen LogP contribution in [0.1, 0.15) is 11.7 Å². The molecule has 0 fully saturated rings. The van der Waals surface area contributed by atoms with Gasteiger partial charge in [0.05, 0.1) is 6.04 Å². The number of para-hydroxylation sites is 1. The van der Waals surface area contributed by atoms with Gasteiger partial charge in [0, 0.05) is 5.56 Å². The molecule has 2 rings (SSSR count). The summed E-state index contributed by atoms with van der Waals surface area (Å²) in [5, 5.41) is 9.62. The molecule has 2 atom stereocenters. The monoisotopic (exact) mass is 201 g/mol. The van der Waals surface area contributed by atoms with E-state index in [-0.39, 0.29) is 18.4 Å². The van der Waals surface area contributed by atoms with Crippen LogP contribution in [0, 0.1) is 0 Å². The fraction of sp³-hybridized carbons (Fsp3) is 0.333. The van der Waals surface area contributed by atoms with E-state index in [2.05, 4.69) is 0 Å². The number of nitrogens with two attached hydrogens (primary N) is 1. The highest BCUT2D eigenvalue weighted by Crippen LogP contribution is 2.30. The summed E-state index contributed by atoms with van der Waals surface area (Å²) in [6.07, 6.45) is -0.588. The van der Waals surface area contributed by atoms with E-state index < -0.39 is 6.10 Å². The number of benzene rings is 1. The Morgan fingerprint density at radius 3 is 2.85 bits per heavy atom. The van der Waals surface area contributed by atoms with Gasteiger partial charge in [0.15, 0.2) is 0 Å². The molecule has 4 heteroatoms. The molecule has 1 aliphatic heterocycles. The summed E-state index contributed by atoms with van der Waals surface area (Å²) in [4.78, 5) is 0. The smallest absolute Gasteiger partial charge is 0.125 e. The maximum atomic E-state index is 9.62. The molecule has 0 bridgehead atoms. The van der Waals surface area contributed by atoms with E-state index in [1.807, 2.05) is 24.3 Å². The van der Waals surface area contributed by atoms with Gasteiger partial charge in [-0.3, -0.25) is 0 Å². The molecule has 0 saturated carbocycles. The first-order valence-electron chi connectivity index (χ1n) is 3.94. The maximum Gasteiger partial charge on any atom is 0.125 e. The van der Waals surface area contributed by atoms with Crippen LogP contribution < -0.4 is 10.5 Å². The summed E-state index contributed by atoms with van der Waals surface area (Å²) in [6.45, 7) is 0.387. The van der Waals surface area contributed by atoms with Gasteiger partial charge in [-0.25, -0.2) is 0 Å². The van der Waals surface area contributed by atoms with Crippen molar-refractivity contribution in [3.63, 3.8) is 0 Å². The van der Waals surface area contributed by atoms with E-state index in [0.717, 1.165) is 11.3 Å². The second-order valence-corrected chi connectivity index (χ2v) is 2.96. The Bertz CT molecular complexity index is 293. The molecule has 0 saturated heterocycles. The topological polar surface area (TPSA) is 55.5 Å². The van der Waals surface area contributed by atoms with Gasteiger partial charge in [0.25, 0.3) is 0 Å². The van der Waals surface area contributed by atoms with Crippen molar-refractivity contribution in [2.45, 2.75) is 12.1 Å².